The Kier molecular flexibility index (Phi) is 9.70. The lowest BCUT2D eigenvalue weighted by molar-refractivity contribution is 0.310. The summed E-state index contributed by atoms with van der Waals surface area (Å²) >= 11 is 0. The maximum atomic E-state index is 5.58. The molecule has 0 saturated heterocycles. The van der Waals surface area contributed by atoms with Gasteiger partial charge in [0.2, 0.25) is 0 Å². The normalized spacial score (nSPS) is 10.2. The summed E-state index contributed by atoms with van der Waals surface area (Å²) in [6, 6.07) is 6.69. The van der Waals surface area contributed by atoms with Gasteiger partial charge in [-0.2, -0.15) is 0 Å². The van der Waals surface area contributed by atoms with Crippen molar-refractivity contribution in [2.75, 3.05) is 13.7 Å². The Morgan fingerprint density at radius 1 is 1.11 bits per heavy atom. The molecule has 0 radical (unpaired) electrons. The molecule has 0 amide bonds. The Morgan fingerprint density at radius 2 is 1.79 bits per heavy atom. The highest BCUT2D eigenvalue weighted by molar-refractivity contribution is 8.93. The van der Waals surface area contributed by atoms with Gasteiger partial charge in [0.1, 0.15) is 0 Å². The van der Waals surface area contributed by atoms with E-state index in [0.717, 1.165) is 30.9 Å². The molecular formula is C15H26BrNO2. The molecule has 0 aliphatic carbocycles. The first-order valence-electron chi connectivity index (χ1n) is 6.78. The lowest BCUT2D eigenvalue weighted by atomic mass is 10.1. The molecule has 0 unspecified atom stereocenters. The molecule has 0 fully saturated rings. The number of hydrogen-bond donors (Lipinski definition) is 1. The van der Waals surface area contributed by atoms with Gasteiger partial charge in [0.15, 0.2) is 11.5 Å². The van der Waals surface area contributed by atoms with Crippen molar-refractivity contribution in [1.82, 2.24) is 5.32 Å². The summed E-state index contributed by atoms with van der Waals surface area (Å²) in [5.41, 5.74) is 1.23. The zero-order valence-corrected chi connectivity index (χ0v) is 14.1. The Morgan fingerprint density at radius 3 is 2.32 bits per heavy atom. The number of benzene rings is 1. The van der Waals surface area contributed by atoms with E-state index in [1.165, 1.54) is 5.56 Å². The predicted octanol–water partition coefficient (Wildman–Crippen LogP) is 3.95. The molecule has 0 saturated carbocycles. The molecule has 0 aliphatic heterocycles. The zero-order chi connectivity index (χ0) is 13.4. The minimum Gasteiger partial charge on any atom is -0.493 e. The number of methoxy groups -OCH3 is 1. The van der Waals surface area contributed by atoms with Crippen molar-refractivity contribution >= 4 is 17.0 Å². The molecule has 0 heterocycles. The van der Waals surface area contributed by atoms with Gasteiger partial charge in [-0.3, -0.25) is 0 Å². The van der Waals surface area contributed by atoms with E-state index in [0.29, 0.717) is 12.6 Å². The van der Waals surface area contributed by atoms with Crippen molar-refractivity contribution < 1.29 is 9.47 Å². The number of halogens is 1. The molecule has 1 aromatic rings. The minimum atomic E-state index is 0. The third-order valence-electron chi connectivity index (χ3n) is 3.11. The zero-order valence-electron chi connectivity index (χ0n) is 12.4. The van der Waals surface area contributed by atoms with E-state index in [1.807, 2.05) is 13.0 Å². The molecule has 3 nitrogen and oxygen atoms in total. The van der Waals surface area contributed by atoms with Gasteiger partial charge in [0.05, 0.1) is 13.7 Å². The summed E-state index contributed by atoms with van der Waals surface area (Å²) in [5, 5.41) is 3.55. The topological polar surface area (TPSA) is 30.5 Å². The van der Waals surface area contributed by atoms with Crippen LogP contribution in [0.2, 0.25) is 0 Å². The quantitative estimate of drug-likeness (QED) is 0.782. The highest BCUT2D eigenvalue weighted by Gasteiger charge is 2.07. The van der Waals surface area contributed by atoms with Gasteiger partial charge in [-0.25, -0.2) is 0 Å². The summed E-state index contributed by atoms with van der Waals surface area (Å²) in [6.45, 7) is 7.92. The first kappa shape index (κ1) is 18.3. The highest BCUT2D eigenvalue weighted by Crippen LogP contribution is 2.28. The molecule has 1 rings (SSSR count). The van der Waals surface area contributed by atoms with Crippen LogP contribution in [0.3, 0.4) is 0 Å². The van der Waals surface area contributed by atoms with E-state index >= 15 is 0 Å². The van der Waals surface area contributed by atoms with Crippen molar-refractivity contribution in [1.29, 1.82) is 0 Å². The molecule has 0 atom stereocenters. The first-order valence-corrected chi connectivity index (χ1v) is 6.78. The molecule has 110 valence electrons. The monoisotopic (exact) mass is 331 g/mol. The predicted molar refractivity (Wildman–Crippen MR) is 85.7 cm³/mol. The van der Waals surface area contributed by atoms with Crippen molar-refractivity contribution in [2.45, 2.75) is 46.2 Å². The van der Waals surface area contributed by atoms with Crippen molar-refractivity contribution in [3.05, 3.63) is 23.8 Å². The van der Waals surface area contributed by atoms with Gasteiger partial charge < -0.3 is 14.8 Å². The van der Waals surface area contributed by atoms with Crippen LogP contribution in [0.1, 0.15) is 39.2 Å². The lowest BCUT2D eigenvalue weighted by Crippen LogP contribution is -2.26. The van der Waals surface area contributed by atoms with Gasteiger partial charge in [0.25, 0.3) is 0 Å². The van der Waals surface area contributed by atoms with E-state index in [1.54, 1.807) is 7.11 Å². The second kappa shape index (κ2) is 10.1. The van der Waals surface area contributed by atoms with Gasteiger partial charge in [-0.15, -0.1) is 17.0 Å². The summed E-state index contributed by atoms with van der Waals surface area (Å²) in [5.74, 6) is 1.62. The van der Waals surface area contributed by atoms with Crippen LogP contribution < -0.4 is 14.8 Å². The molecular weight excluding hydrogens is 306 g/mol. The van der Waals surface area contributed by atoms with E-state index in [9.17, 15) is 0 Å². The smallest absolute Gasteiger partial charge is 0.161 e. The average molecular weight is 332 g/mol. The van der Waals surface area contributed by atoms with Crippen LogP contribution in [0.5, 0.6) is 11.5 Å². The first-order chi connectivity index (χ1) is 8.74. The molecule has 19 heavy (non-hydrogen) atoms. The lowest BCUT2D eigenvalue weighted by Gasteiger charge is -2.16. The third kappa shape index (κ3) is 5.83. The molecule has 0 aromatic heterocycles. The second-order valence-electron chi connectivity index (χ2n) is 4.31. The van der Waals surface area contributed by atoms with Crippen LogP contribution in [0.4, 0.5) is 0 Å². The van der Waals surface area contributed by atoms with E-state index < -0.39 is 0 Å². The van der Waals surface area contributed by atoms with E-state index in [2.05, 4.69) is 31.3 Å². The maximum absolute atomic E-state index is 5.58. The SMILES string of the molecule is Br.CCOc1cc(CNC(CC)CC)ccc1OC. The number of nitrogens with one attached hydrogen (secondary N) is 1. The van der Waals surface area contributed by atoms with Crippen LogP contribution in [0.25, 0.3) is 0 Å². The Balaban J connectivity index is 0.00000324. The second-order valence-corrected chi connectivity index (χ2v) is 4.31. The largest absolute Gasteiger partial charge is 0.493 e. The number of ether oxygens (including phenoxy) is 2. The average Bonchev–Trinajstić information content (AvgIpc) is 2.40. The minimum absolute atomic E-state index is 0. The van der Waals surface area contributed by atoms with Crippen LogP contribution in [-0.2, 0) is 6.54 Å². The molecule has 1 N–H and O–H groups in total. The Labute approximate surface area is 127 Å². The summed E-state index contributed by atoms with van der Waals surface area (Å²) < 4.78 is 10.9. The van der Waals surface area contributed by atoms with E-state index in [4.69, 9.17) is 9.47 Å². The van der Waals surface area contributed by atoms with Gasteiger partial charge in [0, 0.05) is 12.6 Å². The molecule has 4 heteroatoms. The standard InChI is InChI=1S/C15H25NO2.BrH/c1-5-13(6-2)16-11-12-8-9-14(17-4)15(10-12)18-7-3;/h8-10,13,16H,5-7,11H2,1-4H3;1H. The molecule has 1 aromatic carbocycles. The van der Waals surface area contributed by atoms with Crippen LogP contribution in [0, 0.1) is 0 Å². The highest BCUT2D eigenvalue weighted by atomic mass is 79.9. The van der Waals surface area contributed by atoms with Gasteiger partial charge >= 0.3 is 0 Å². The fourth-order valence-corrected chi connectivity index (χ4v) is 1.94. The van der Waals surface area contributed by atoms with Gasteiger partial charge in [-0.1, -0.05) is 19.9 Å². The maximum Gasteiger partial charge on any atom is 0.161 e. The number of rotatable bonds is 8. The summed E-state index contributed by atoms with van der Waals surface area (Å²) in [6.07, 6.45) is 2.32. The molecule has 0 spiro atoms. The van der Waals surface area contributed by atoms with Crippen LogP contribution >= 0.6 is 17.0 Å². The van der Waals surface area contributed by atoms with Gasteiger partial charge in [-0.05, 0) is 37.5 Å². The molecule has 0 aliphatic rings. The summed E-state index contributed by atoms with van der Waals surface area (Å²) in [4.78, 5) is 0. The Bertz CT molecular complexity index is 354. The number of hydrogen-bond acceptors (Lipinski definition) is 3. The van der Waals surface area contributed by atoms with Crippen LogP contribution in [-0.4, -0.2) is 19.8 Å². The third-order valence-corrected chi connectivity index (χ3v) is 3.11. The fraction of sp³-hybridized carbons (Fsp3) is 0.600. The molecule has 0 bridgehead atoms. The van der Waals surface area contributed by atoms with Crippen LogP contribution in [0.15, 0.2) is 18.2 Å². The Hall–Kier alpha value is -0.740. The van der Waals surface area contributed by atoms with Crippen molar-refractivity contribution in [3.8, 4) is 11.5 Å². The fourth-order valence-electron chi connectivity index (χ4n) is 1.94. The van der Waals surface area contributed by atoms with Crippen molar-refractivity contribution in [2.24, 2.45) is 0 Å². The summed E-state index contributed by atoms with van der Waals surface area (Å²) in [7, 11) is 1.67. The van der Waals surface area contributed by atoms with E-state index in [-0.39, 0.29) is 17.0 Å². The van der Waals surface area contributed by atoms with Crippen molar-refractivity contribution in [3.63, 3.8) is 0 Å².